The topological polar surface area (TPSA) is 239 Å². The minimum Gasteiger partial charge on any atom is -0.390 e. The highest BCUT2D eigenvalue weighted by atomic mass is 32.2. The highest BCUT2D eigenvalue weighted by Crippen LogP contribution is 2.33. The molecule has 0 aliphatic carbocycles. The lowest BCUT2D eigenvalue weighted by Crippen LogP contribution is -2.56. The number of urea groups is 1. The first kappa shape index (κ1) is 40.8. The normalized spacial score (nSPS) is 20.0. The van der Waals surface area contributed by atoms with Gasteiger partial charge in [-0.25, -0.2) is 4.79 Å². The monoisotopic (exact) mass is 719 g/mol. The van der Waals surface area contributed by atoms with Crippen molar-refractivity contribution in [3.8, 4) is 0 Å². The fraction of sp³-hybridized carbons (Fsp3) is 0.697. The number of amides is 5. The van der Waals surface area contributed by atoms with Gasteiger partial charge in [0, 0.05) is 41.1 Å². The van der Waals surface area contributed by atoms with E-state index in [2.05, 4.69) is 36.6 Å². The van der Waals surface area contributed by atoms with Gasteiger partial charge in [0.1, 0.15) is 6.04 Å². The minimum atomic E-state index is -1.31. The maximum atomic E-state index is 13.5. The lowest BCUT2D eigenvalue weighted by Gasteiger charge is -2.32. The fourth-order valence-corrected chi connectivity index (χ4v) is 7.62. The van der Waals surface area contributed by atoms with Crippen LogP contribution < -0.4 is 32.2 Å². The molecule has 0 bridgehead atoms. The van der Waals surface area contributed by atoms with E-state index in [4.69, 9.17) is 15.6 Å². The second-order valence-corrected chi connectivity index (χ2v) is 15.1. The van der Waals surface area contributed by atoms with Crippen LogP contribution in [0.4, 0.5) is 10.5 Å². The number of nitrogens with zero attached hydrogens (tertiary/aromatic N) is 3. The number of benzene rings is 1. The maximum Gasteiger partial charge on any atom is 0.315 e. The molecule has 2 saturated heterocycles. The van der Waals surface area contributed by atoms with Crippen molar-refractivity contribution in [1.29, 1.82) is 0 Å². The van der Waals surface area contributed by atoms with E-state index < -0.39 is 29.4 Å². The summed E-state index contributed by atoms with van der Waals surface area (Å²) in [5.74, 6) is -0.931. The summed E-state index contributed by atoms with van der Waals surface area (Å²) in [7, 11) is 0. The van der Waals surface area contributed by atoms with Gasteiger partial charge in [0.05, 0.1) is 30.7 Å². The van der Waals surface area contributed by atoms with Gasteiger partial charge in [0.15, 0.2) is 0 Å². The van der Waals surface area contributed by atoms with Crippen LogP contribution in [0, 0.1) is 11.3 Å². The van der Waals surface area contributed by atoms with Gasteiger partial charge < -0.3 is 31.7 Å². The van der Waals surface area contributed by atoms with Crippen molar-refractivity contribution in [3.05, 3.63) is 40.3 Å². The summed E-state index contributed by atoms with van der Waals surface area (Å²) in [5.41, 5.74) is 10.6. The summed E-state index contributed by atoms with van der Waals surface area (Å²) >= 11 is 1.88. The molecule has 5 amide bonds. The number of fused-ring (bicyclic) bond motifs is 1. The minimum absolute atomic E-state index is 0.0518. The Kier molecular flexibility index (Phi) is 17.1. The molecule has 1 aromatic carbocycles. The van der Waals surface area contributed by atoms with Crippen LogP contribution in [0.15, 0.2) is 29.4 Å². The van der Waals surface area contributed by atoms with Crippen molar-refractivity contribution in [3.63, 3.8) is 0 Å². The zero-order valence-electron chi connectivity index (χ0n) is 29.2. The number of azide groups is 1. The van der Waals surface area contributed by atoms with Crippen molar-refractivity contribution in [1.82, 2.24) is 32.2 Å². The van der Waals surface area contributed by atoms with E-state index in [0.29, 0.717) is 36.0 Å². The van der Waals surface area contributed by atoms with Crippen LogP contribution in [0.3, 0.4) is 0 Å². The zero-order chi connectivity index (χ0) is 36.5. The second kappa shape index (κ2) is 20.9. The number of carbonyl (C=O) groups excluding carboxylic acids is 4. The van der Waals surface area contributed by atoms with Crippen LogP contribution in [-0.2, 0) is 25.6 Å². The van der Waals surface area contributed by atoms with Gasteiger partial charge in [0.25, 0.3) is 0 Å². The molecule has 6 atom stereocenters. The van der Waals surface area contributed by atoms with E-state index in [9.17, 15) is 24.3 Å². The molecule has 3 rings (SSSR count). The van der Waals surface area contributed by atoms with E-state index >= 15 is 0 Å². The van der Waals surface area contributed by atoms with Crippen LogP contribution >= 0.6 is 11.8 Å². The Morgan fingerprint density at radius 1 is 1.04 bits per heavy atom. The first-order valence-corrected chi connectivity index (χ1v) is 18.3. The molecule has 2 aliphatic rings. The number of aliphatic hydroxyl groups excluding tert-OH is 1. The summed E-state index contributed by atoms with van der Waals surface area (Å²) in [6.45, 7) is 6.15. The third-order valence-corrected chi connectivity index (χ3v) is 10.4. The summed E-state index contributed by atoms with van der Waals surface area (Å²) < 4.78 is 0. The van der Waals surface area contributed by atoms with Gasteiger partial charge in [-0.1, -0.05) is 75.1 Å². The summed E-state index contributed by atoms with van der Waals surface area (Å²) in [6.07, 6.45) is 5.36. The lowest BCUT2D eigenvalue weighted by molar-refractivity contribution is -0.158. The third kappa shape index (κ3) is 13.6. The Morgan fingerprint density at radius 2 is 1.74 bits per heavy atom. The summed E-state index contributed by atoms with van der Waals surface area (Å²) in [5, 5.41) is 38.1. The highest BCUT2D eigenvalue weighted by molar-refractivity contribution is 8.00. The smallest absolute Gasteiger partial charge is 0.315 e. The van der Waals surface area contributed by atoms with Gasteiger partial charge >= 0.3 is 6.03 Å². The number of thioether (sulfide) groups is 1. The van der Waals surface area contributed by atoms with Crippen molar-refractivity contribution in [2.45, 2.75) is 108 Å². The van der Waals surface area contributed by atoms with Crippen LogP contribution in [0.5, 0.6) is 0 Å². The van der Waals surface area contributed by atoms with Crippen LogP contribution in [0.25, 0.3) is 10.4 Å². The predicted molar refractivity (Wildman–Crippen MR) is 189 cm³/mol. The number of unbranched alkanes of at least 4 members (excludes halogenated alkanes) is 4. The Bertz CT molecular complexity index is 1310. The van der Waals surface area contributed by atoms with Crippen molar-refractivity contribution in [2.75, 3.05) is 25.4 Å². The average molecular weight is 720 g/mol. The van der Waals surface area contributed by atoms with Crippen molar-refractivity contribution in [2.24, 2.45) is 16.4 Å². The van der Waals surface area contributed by atoms with Crippen LogP contribution in [0.1, 0.15) is 77.7 Å². The van der Waals surface area contributed by atoms with Gasteiger partial charge in [0.2, 0.25) is 17.7 Å². The Balaban J connectivity index is 1.34. The molecule has 50 heavy (non-hydrogen) atoms. The van der Waals surface area contributed by atoms with Crippen LogP contribution in [-0.4, -0.2) is 89.0 Å². The molecular formula is C33H53N9O7S. The quantitative estimate of drug-likeness (QED) is 0.0219. The standard InChI is InChI=1S/C33H53N9O7S/c1-33(2,3)29(39-30(45)23(25(43)19-49-42-48)18-21-12-14-22(15-13-21)40-41-34)31(46)36-17-9-5-4-8-16-35-27(44)11-7-6-10-26-28-24(20-50-26)37-32(47)38-28/h12-15,23-26,28-29,42-43,48H,4-11,16-20H2,1-3H3,(H,35,44)(H,36,46)(H,39,45)(H2,37,38,47)/t23-,24?,25?,26?,28?,29-/m1/s1. The first-order valence-electron chi connectivity index (χ1n) is 17.3. The molecular weight excluding hydrogens is 666 g/mol. The molecule has 1 aromatic rings. The molecule has 16 nitrogen and oxygen atoms in total. The number of carbonyl (C=O) groups is 4. The molecule has 278 valence electrons. The highest BCUT2D eigenvalue weighted by Gasteiger charge is 2.42. The molecule has 0 spiro atoms. The average Bonchev–Trinajstić information content (AvgIpc) is 3.63. The van der Waals surface area contributed by atoms with Crippen molar-refractivity contribution >= 4 is 41.2 Å². The van der Waals surface area contributed by atoms with Gasteiger partial charge in [-0.15, -0.1) is 0 Å². The van der Waals surface area contributed by atoms with E-state index in [1.165, 1.54) is 5.64 Å². The molecule has 4 unspecified atom stereocenters. The molecule has 17 heteroatoms. The van der Waals surface area contributed by atoms with Gasteiger partial charge in [-0.05, 0) is 48.6 Å². The second-order valence-electron chi connectivity index (χ2n) is 13.9. The zero-order valence-corrected chi connectivity index (χ0v) is 30.0. The van der Waals surface area contributed by atoms with Gasteiger partial charge in [-0.3, -0.25) is 24.4 Å². The molecule has 0 saturated carbocycles. The first-order chi connectivity index (χ1) is 23.9. The number of hydrogen-bond acceptors (Lipinski definition) is 10. The van der Waals surface area contributed by atoms with Gasteiger partial charge in [-0.2, -0.15) is 11.8 Å². The summed E-state index contributed by atoms with van der Waals surface area (Å²) in [6, 6.07) is 5.98. The molecule has 2 aliphatic heterocycles. The van der Waals surface area contributed by atoms with E-state index in [0.717, 1.165) is 50.7 Å². The third-order valence-electron chi connectivity index (χ3n) is 8.89. The molecule has 2 fully saturated rings. The Morgan fingerprint density at radius 3 is 2.40 bits per heavy atom. The molecule has 2 heterocycles. The largest absolute Gasteiger partial charge is 0.390 e. The van der Waals surface area contributed by atoms with Crippen molar-refractivity contribution < 1.29 is 34.3 Å². The Labute approximate surface area is 297 Å². The molecule has 0 aromatic heterocycles. The summed E-state index contributed by atoms with van der Waals surface area (Å²) in [4.78, 5) is 57.9. The maximum absolute atomic E-state index is 13.5. The molecule has 0 radical (unpaired) electrons. The van der Waals surface area contributed by atoms with Crippen LogP contribution in [0.2, 0.25) is 0 Å². The SMILES string of the molecule is CC(C)(C)[C@H](NC(=O)[C@H](Cc1ccc(N=[N+]=[N-])cc1)C(O)CONO)C(=O)NCCCCCCNC(=O)CCCCC1SCC2NC(=O)NC21. The van der Waals surface area contributed by atoms with E-state index in [1.807, 2.05) is 32.5 Å². The van der Waals surface area contributed by atoms with E-state index in [1.54, 1.807) is 24.3 Å². The fourth-order valence-electron chi connectivity index (χ4n) is 6.08. The predicted octanol–water partition coefficient (Wildman–Crippen LogP) is 3.11. The number of rotatable bonds is 22. The lowest BCUT2D eigenvalue weighted by atomic mass is 9.85. The number of hydrogen-bond donors (Lipinski definition) is 8. The Hall–Kier alpha value is -3.60. The number of nitrogens with one attached hydrogen (secondary N) is 6. The molecule has 8 N–H and O–H groups in total. The number of aliphatic hydroxyl groups is 1. The van der Waals surface area contributed by atoms with E-state index in [-0.39, 0.29) is 43.0 Å².